The molecule has 124 valence electrons. The first-order valence-electron chi connectivity index (χ1n) is 7.17. The smallest absolute Gasteiger partial charge is 0.309 e. The third kappa shape index (κ3) is 3.02. The standard InChI is InChI=1S/C11H18N4O6S/c16-10(12-13-5-1-2-6-13)9-4-3-8-7-14(9)11(17)15(8)21-22(18,19)20/h8-9H,1-7H2,(H,12,16)(H,18,19,20)/t8?,9-/m0/s1. The van der Waals surface area contributed by atoms with Crippen LogP contribution in [0.4, 0.5) is 4.79 Å². The van der Waals surface area contributed by atoms with Gasteiger partial charge in [0.25, 0.3) is 5.91 Å². The number of hydrazine groups is 1. The van der Waals surface area contributed by atoms with Gasteiger partial charge in [0.05, 0.1) is 6.04 Å². The summed E-state index contributed by atoms with van der Waals surface area (Å²) in [5.41, 5.74) is 2.79. The summed E-state index contributed by atoms with van der Waals surface area (Å²) in [5.74, 6) is -0.276. The van der Waals surface area contributed by atoms with E-state index in [0.717, 1.165) is 25.9 Å². The highest BCUT2D eigenvalue weighted by atomic mass is 32.3. The molecule has 3 aliphatic heterocycles. The van der Waals surface area contributed by atoms with Crippen molar-refractivity contribution >= 4 is 22.3 Å². The molecule has 22 heavy (non-hydrogen) atoms. The van der Waals surface area contributed by atoms with E-state index in [2.05, 4.69) is 9.71 Å². The summed E-state index contributed by atoms with van der Waals surface area (Å²) in [5, 5.41) is 2.46. The van der Waals surface area contributed by atoms with E-state index in [4.69, 9.17) is 4.55 Å². The van der Waals surface area contributed by atoms with Gasteiger partial charge in [-0.05, 0) is 25.7 Å². The van der Waals surface area contributed by atoms with Crippen LogP contribution in [0, 0.1) is 0 Å². The highest BCUT2D eigenvalue weighted by Gasteiger charge is 2.49. The molecule has 0 aliphatic carbocycles. The predicted octanol–water partition coefficient (Wildman–Crippen LogP) is -0.884. The van der Waals surface area contributed by atoms with E-state index in [9.17, 15) is 18.0 Å². The maximum absolute atomic E-state index is 12.3. The first-order chi connectivity index (χ1) is 10.3. The molecular formula is C11H18N4O6S. The van der Waals surface area contributed by atoms with Crippen molar-refractivity contribution in [1.82, 2.24) is 20.4 Å². The van der Waals surface area contributed by atoms with Gasteiger partial charge >= 0.3 is 16.4 Å². The number of carbonyl (C=O) groups excluding carboxylic acids is 2. The molecule has 0 aromatic rings. The van der Waals surface area contributed by atoms with E-state index in [1.54, 1.807) is 0 Å². The van der Waals surface area contributed by atoms with Crippen molar-refractivity contribution in [3.8, 4) is 0 Å². The van der Waals surface area contributed by atoms with Gasteiger partial charge in [-0.1, -0.05) is 0 Å². The number of nitrogens with zero attached hydrogens (tertiary/aromatic N) is 3. The minimum atomic E-state index is -4.77. The summed E-state index contributed by atoms with van der Waals surface area (Å²) in [6, 6.07) is -1.86. The number of piperidine rings is 1. The van der Waals surface area contributed by atoms with E-state index < -0.39 is 28.5 Å². The Labute approximate surface area is 127 Å². The lowest BCUT2D eigenvalue weighted by atomic mass is 10.0. The number of fused-ring (bicyclic) bond motifs is 2. The van der Waals surface area contributed by atoms with E-state index in [1.165, 1.54) is 4.90 Å². The van der Waals surface area contributed by atoms with Crippen LogP contribution in [0.3, 0.4) is 0 Å². The van der Waals surface area contributed by atoms with Gasteiger partial charge in [0, 0.05) is 19.6 Å². The topological polar surface area (TPSA) is 119 Å². The molecule has 3 aliphatic rings. The van der Waals surface area contributed by atoms with E-state index in [1.807, 2.05) is 5.01 Å². The number of nitrogens with one attached hydrogen (secondary N) is 1. The number of amides is 3. The maximum atomic E-state index is 12.3. The normalized spacial score (nSPS) is 29.2. The highest BCUT2D eigenvalue weighted by molar-refractivity contribution is 7.80. The van der Waals surface area contributed by atoms with Crippen LogP contribution < -0.4 is 5.43 Å². The lowest BCUT2D eigenvalue weighted by Crippen LogP contribution is -2.53. The van der Waals surface area contributed by atoms with Crippen molar-refractivity contribution in [2.45, 2.75) is 37.8 Å². The van der Waals surface area contributed by atoms with Crippen molar-refractivity contribution in [3.63, 3.8) is 0 Å². The van der Waals surface area contributed by atoms with Gasteiger partial charge in [-0.2, -0.15) is 13.5 Å². The van der Waals surface area contributed by atoms with Gasteiger partial charge in [-0.25, -0.2) is 9.80 Å². The molecule has 0 aromatic carbocycles. The third-order valence-electron chi connectivity index (χ3n) is 4.17. The second kappa shape index (κ2) is 5.65. The Bertz CT molecular complexity index is 575. The lowest BCUT2D eigenvalue weighted by Gasteiger charge is -2.30. The van der Waals surface area contributed by atoms with Crippen LogP contribution in [-0.2, 0) is 19.5 Å². The van der Waals surface area contributed by atoms with Crippen LogP contribution in [0.5, 0.6) is 0 Å². The van der Waals surface area contributed by atoms with Crippen molar-refractivity contribution in [3.05, 3.63) is 0 Å². The summed E-state index contributed by atoms with van der Waals surface area (Å²) in [6.45, 7) is 1.77. The first kappa shape index (κ1) is 15.5. The molecule has 0 aromatic heterocycles. The molecule has 3 amide bonds. The van der Waals surface area contributed by atoms with Gasteiger partial charge in [0.2, 0.25) is 0 Å². The summed E-state index contributed by atoms with van der Waals surface area (Å²) >= 11 is 0. The zero-order valence-electron chi connectivity index (χ0n) is 11.8. The first-order valence-corrected chi connectivity index (χ1v) is 8.54. The molecule has 2 bridgehead atoms. The van der Waals surface area contributed by atoms with E-state index >= 15 is 0 Å². The minimum Gasteiger partial charge on any atom is -0.309 e. The number of hydrogen-bond acceptors (Lipinski definition) is 6. The Balaban J connectivity index is 1.67. The summed E-state index contributed by atoms with van der Waals surface area (Å²) in [4.78, 5) is 25.8. The fraction of sp³-hybridized carbons (Fsp3) is 0.818. The molecule has 3 fully saturated rings. The summed E-state index contributed by atoms with van der Waals surface area (Å²) in [6.07, 6.45) is 2.88. The van der Waals surface area contributed by atoms with Gasteiger partial charge < -0.3 is 4.90 Å². The van der Waals surface area contributed by atoms with Gasteiger partial charge in [0.1, 0.15) is 6.04 Å². The van der Waals surface area contributed by atoms with Crippen molar-refractivity contribution < 1.29 is 26.8 Å². The lowest BCUT2D eigenvalue weighted by molar-refractivity contribution is -0.130. The van der Waals surface area contributed by atoms with E-state index in [-0.39, 0.29) is 12.5 Å². The number of hydroxylamine groups is 2. The maximum Gasteiger partial charge on any atom is 0.418 e. The van der Waals surface area contributed by atoms with Crippen molar-refractivity contribution in [2.24, 2.45) is 0 Å². The SMILES string of the molecule is O=C(NN1CCCC1)[C@@H]1CCC2CN1C(=O)N2OS(=O)(=O)O. The summed E-state index contributed by atoms with van der Waals surface area (Å²) in [7, 11) is -4.77. The Kier molecular flexibility index (Phi) is 3.97. The fourth-order valence-electron chi connectivity index (χ4n) is 3.16. The predicted molar refractivity (Wildman–Crippen MR) is 72.3 cm³/mol. The molecule has 11 heteroatoms. The summed E-state index contributed by atoms with van der Waals surface area (Å²) < 4.78 is 34.7. The third-order valence-corrected chi connectivity index (χ3v) is 4.52. The Morgan fingerprint density at radius 3 is 2.59 bits per heavy atom. The van der Waals surface area contributed by atoms with Crippen LogP contribution in [0.25, 0.3) is 0 Å². The molecule has 0 saturated carbocycles. The molecule has 2 atom stereocenters. The molecule has 3 heterocycles. The van der Waals surface area contributed by atoms with Crippen molar-refractivity contribution in [2.75, 3.05) is 19.6 Å². The molecule has 3 saturated heterocycles. The molecule has 1 unspecified atom stereocenters. The average Bonchev–Trinajstić information content (AvgIpc) is 3.01. The second-order valence-corrected chi connectivity index (χ2v) is 6.68. The van der Waals surface area contributed by atoms with Gasteiger partial charge in [-0.3, -0.25) is 14.8 Å². The Morgan fingerprint density at radius 2 is 1.95 bits per heavy atom. The van der Waals surface area contributed by atoms with Crippen LogP contribution in [0.1, 0.15) is 25.7 Å². The average molecular weight is 334 g/mol. The number of rotatable bonds is 4. The van der Waals surface area contributed by atoms with Gasteiger partial charge in [-0.15, -0.1) is 4.28 Å². The second-order valence-electron chi connectivity index (χ2n) is 5.68. The fourth-order valence-corrected chi connectivity index (χ4v) is 3.55. The number of urea groups is 1. The number of hydrogen-bond donors (Lipinski definition) is 2. The molecule has 0 radical (unpaired) electrons. The zero-order valence-corrected chi connectivity index (χ0v) is 12.7. The molecule has 2 N–H and O–H groups in total. The van der Waals surface area contributed by atoms with E-state index in [0.29, 0.717) is 17.9 Å². The van der Waals surface area contributed by atoms with Crippen LogP contribution >= 0.6 is 0 Å². The molecule has 3 rings (SSSR count). The molecular weight excluding hydrogens is 316 g/mol. The Morgan fingerprint density at radius 1 is 1.27 bits per heavy atom. The number of carbonyl (C=O) groups is 2. The van der Waals surface area contributed by atoms with Crippen LogP contribution in [0.15, 0.2) is 0 Å². The zero-order chi connectivity index (χ0) is 15.9. The molecule has 0 spiro atoms. The highest BCUT2D eigenvalue weighted by Crippen LogP contribution is 2.30. The van der Waals surface area contributed by atoms with Gasteiger partial charge in [0.15, 0.2) is 0 Å². The molecule has 10 nitrogen and oxygen atoms in total. The van der Waals surface area contributed by atoms with Crippen molar-refractivity contribution in [1.29, 1.82) is 0 Å². The Hall–Kier alpha value is -1.43. The minimum absolute atomic E-state index is 0.201. The van der Waals surface area contributed by atoms with Crippen LogP contribution in [-0.4, -0.2) is 71.6 Å². The van der Waals surface area contributed by atoms with Crippen LogP contribution in [0.2, 0.25) is 0 Å². The quantitative estimate of drug-likeness (QED) is 0.640. The largest absolute Gasteiger partial charge is 0.418 e. The monoisotopic (exact) mass is 334 g/mol.